The first-order valence-corrected chi connectivity index (χ1v) is 7.55. The molecular formula is C17H24N2O. The number of rotatable bonds is 7. The molecule has 1 N–H and O–H groups in total. The van der Waals surface area contributed by atoms with Crippen LogP contribution in [0.1, 0.15) is 31.2 Å². The van der Waals surface area contributed by atoms with E-state index in [2.05, 4.69) is 10.2 Å². The van der Waals surface area contributed by atoms with Crippen LogP contribution in [-0.4, -0.2) is 37.0 Å². The summed E-state index contributed by atoms with van der Waals surface area (Å²) in [5, 5.41) is 2.98. The summed E-state index contributed by atoms with van der Waals surface area (Å²) in [5.41, 5.74) is 1.13. The molecule has 0 atom stereocenters. The summed E-state index contributed by atoms with van der Waals surface area (Å²) < 4.78 is 0. The molecule has 1 heterocycles. The monoisotopic (exact) mass is 272 g/mol. The number of nitrogens with zero attached hydrogens (tertiary/aromatic N) is 1. The zero-order valence-electron chi connectivity index (χ0n) is 12.1. The highest BCUT2D eigenvalue weighted by Gasteiger charge is 2.10. The Bertz CT molecular complexity index is 422. The van der Waals surface area contributed by atoms with Crippen LogP contribution in [-0.2, 0) is 4.79 Å². The minimum absolute atomic E-state index is 0.110. The van der Waals surface area contributed by atoms with Gasteiger partial charge < -0.3 is 10.2 Å². The molecule has 108 valence electrons. The molecule has 0 aromatic heterocycles. The van der Waals surface area contributed by atoms with Gasteiger partial charge in [0, 0.05) is 13.0 Å². The summed E-state index contributed by atoms with van der Waals surface area (Å²) in [5.74, 6) is 0.110. The van der Waals surface area contributed by atoms with E-state index in [1.54, 1.807) is 0 Å². The summed E-state index contributed by atoms with van der Waals surface area (Å²) >= 11 is 0. The van der Waals surface area contributed by atoms with Crippen LogP contribution < -0.4 is 5.32 Å². The van der Waals surface area contributed by atoms with Crippen LogP contribution in [0, 0.1) is 0 Å². The Morgan fingerprint density at radius 1 is 1.20 bits per heavy atom. The van der Waals surface area contributed by atoms with Crippen molar-refractivity contribution >= 4 is 12.0 Å². The van der Waals surface area contributed by atoms with E-state index in [9.17, 15) is 4.79 Å². The van der Waals surface area contributed by atoms with Crippen molar-refractivity contribution in [3.05, 3.63) is 42.0 Å². The summed E-state index contributed by atoms with van der Waals surface area (Å²) in [6.07, 6.45) is 8.08. The summed E-state index contributed by atoms with van der Waals surface area (Å²) in [4.78, 5) is 14.1. The molecule has 0 bridgehead atoms. The van der Waals surface area contributed by atoms with Crippen molar-refractivity contribution in [3.8, 4) is 0 Å². The Morgan fingerprint density at radius 2 is 1.95 bits per heavy atom. The predicted molar refractivity (Wildman–Crippen MR) is 83.4 cm³/mol. The third-order valence-electron chi connectivity index (χ3n) is 3.59. The number of likely N-dealkylation sites (tertiary alicyclic amines) is 1. The van der Waals surface area contributed by atoms with E-state index in [1.165, 1.54) is 25.9 Å². The summed E-state index contributed by atoms with van der Waals surface area (Å²) in [7, 11) is 0. The Balaban J connectivity index is 1.55. The molecule has 0 radical (unpaired) electrons. The fourth-order valence-corrected chi connectivity index (χ4v) is 2.48. The van der Waals surface area contributed by atoms with Crippen LogP contribution in [0.2, 0.25) is 0 Å². The highest BCUT2D eigenvalue weighted by Crippen LogP contribution is 2.07. The van der Waals surface area contributed by atoms with Crippen LogP contribution in [0.5, 0.6) is 0 Å². The van der Waals surface area contributed by atoms with Crippen molar-refractivity contribution in [2.24, 2.45) is 0 Å². The van der Waals surface area contributed by atoms with E-state index in [0.29, 0.717) is 6.42 Å². The quantitative estimate of drug-likeness (QED) is 0.774. The lowest BCUT2D eigenvalue weighted by Gasteiger charge is -2.14. The van der Waals surface area contributed by atoms with Gasteiger partial charge in [0.2, 0.25) is 5.91 Å². The standard InChI is InChI=1S/C17H24N2O/c20-17(11-6-10-16-8-2-1-3-9-16)18-12-7-15-19-13-4-5-14-19/h1-3,6,8-10H,4-5,7,11-15H2,(H,18,20)/b10-6+. The molecule has 1 fully saturated rings. The van der Waals surface area contributed by atoms with E-state index in [-0.39, 0.29) is 5.91 Å². The predicted octanol–water partition coefficient (Wildman–Crippen LogP) is 2.69. The molecule has 0 saturated carbocycles. The van der Waals surface area contributed by atoms with Crippen molar-refractivity contribution in [2.75, 3.05) is 26.2 Å². The number of benzene rings is 1. The van der Waals surface area contributed by atoms with Gasteiger partial charge in [-0.05, 0) is 44.5 Å². The minimum Gasteiger partial charge on any atom is -0.356 e. The van der Waals surface area contributed by atoms with Gasteiger partial charge in [-0.2, -0.15) is 0 Å². The molecule has 0 unspecified atom stereocenters. The van der Waals surface area contributed by atoms with Crippen LogP contribution >= 0.6 is 0 Å². The van der Waals surface area contributed by atoms with Gasteiger partial charge in [-0.3, -0.25) is 4.79 Å². The van der Waals surface area contributed by atoms with Gasteiger partial charge in [-0.25, -0.2) is 0 Å². The van der Waals surface area contributed by atoms with Gasteiger partial charge >= 0.3 is 0 Å². The summed E-state index contributed by atoms with van der Waals surface area (Å²) in [6.45, 7) is 4.36. The maximum atomic E-state index is 11.7. The van der Waals surface area contributed by atoms with Crippen molar-refractivity contribution in [2.45, 2.75) is 25.7 Å². The molecule has 3 nitrogen and oxygen atoms in total. The van der Waals surface area contributed by atoms with Crippen molar-refractivity contribution in [1.29, 1.82) is 0 Å². The molecule has 1 aliphatic rings. The van der Waals surface area contributed by atoms with Crippen LogP contribution in [0.25, 0.3) is 6.08 Å². The molecule has 1 aliphatic heterocycles. The van der Waals surface area contributed by atoms with Gasteiger partial charge in [0.1, 0.15) is 0 Å². The first-order chi connectivity index (χ1) is 9.84. The summed E-state index contributed by atoms with van der Waals surface area (Å²) in [6, 6.07) is 10.1. The lowest BCUT2D eigenvalue weighted by molar-refractivity contribution is -0.120. The van der Waals surface area contributed by atoms with Crippen LogP contribution in [0.15, 0.2) is 36.4 Å². The molecular weight excluding hydrogens is 248 g/mol. The topological polar surface area (TPSA) is 32.3 Å². The van der Waals surface area contributed by atoms with Crippen LogP contribution in [0.3, 0.4) is 0 Å². The van der Waals surface area contributed by atoms with E-state index in [1.807, 2.05) is 42.5 Å². The van der Waals surface area contributed by atoms with E-state index >= 15 is 0 Å². The minimum atomic E-state index is 0.110. The third kappa shape index (κ3) is 5.57. The van der Waals surface area contributed by atoms with Gasteiger partial charge in [0.05, 0.1) is 0 Å². The smallest absolute Gasteiger partial charge is 0.223 e. The maximum absolute atomic E-state index is 11.7. The molecule has 20 heavy (non-hydrogen) atoms. The Kier molecular flexibility index (Phi) is 6.32. The second-order valence-electron chi connectivity index (χ2n) is 5.27. The Morgan fingerprint density at radius 3 is 2.70 bits per heavy atom. The molecule has 1 aromatic carbocycles. The lowest BCUT2D eigenvalue weighted by atomic mass is 10.2. The van der Waals surface area contributed by atoms with Gasteiger partial charge in [-0.15, -0.1) is 0 Å². The fourth-order valence-electron chi connectivity index (χ4n) is 2.48. The van der Waals surface area contributed by atoms with E-state index in [4.69, 9.17) is 0 Å². The number of amides is 1. The Hall–Kier alpha value is -1.61. The molecule has 0 aliphatic carbocycles. The molecule has 0 spiro atoms. The first-order valence-electron chi connectivity index (χ1n) is 7.55. The molecule has 1 saturated heterocycles. The van der Waals surface area contributed by atoms with Crippen molar-refractivity contribution < 1.29 is 4.79 Å². The average Bonchev–Trinajstić information content (AvgIpc) is 2.98. The van der Waals surface area contributed by atoms with Crippen molar-refractivity contribution in [1.82, 2.24) is 10.2 Å². The zero-order valence-corrected chi connectivity index (χ0v) is 12.1. The second-order valence-corrected chi connectivity index (χ2v) is 5.27. The number of hydrogen-bond donors (Lipinski definition) is 1. The largest absolute Gasteiger partial charge is 0.356 e. The normalized spacial score (nSPS) is 15.8. The van der Waals surface area contributed by atoms with E-state index in [0.717, 1.165) is 25.1 Å². The number of carbonyl (C=O) groups is 1. The molecule has 2 rings (SSSR count). The number of nitrogens with one attached hydrogen (secondary N) is 1. The average molecular weight is 272 g/mol. The van der Waals surface area contributed by atoms with Gasteiger partial charge in [-0.1, -0.05) is 42.5 Å². The molecule has 3 heteroatoms. The second kappa shape index (κ2) is 8.54. The number of carbonyl (C=O) groups excluding carboxylic acids is 1. The molecule has 1 amide bonds. The first kappa shape index (κ1) is 14.8. The van der Waals surface area contributed by atoms with Gasteiger partial charge in [0.25, 0.3) is 0 Å². The van der Waals surface area contributed by atoms with Gasteiger partial charge in [0.15, 0.2) is 0 Å². The van der Waals surface area contributed by atoms with E-state index < -0.39 is 0 Å². The number of hydrogen-bond acceptors (Lipinski definition) is 2. The maximum Gasteiger partial charge on any atom is 0.223 e. The Labute approximate surface area is 121 Å². The zero-order chi connectivity index (χ0) is 14.0. The lowest BCUT2D eigenvalue weighted by Crippen LogP contribution is -2.28. The van der Waals surface area contributed by atoms with Crippen molar-refractivity contribution in [3.63, 3.8) is 0 Å². The van der Waals surface area contributed by atoms with Crippen LogP contribution in [0.4, 0.5) is 0 Å². The highest BCUT2D eigenvalue weighted by atomic mass is 16.1. The SMILES string of the molecule is O=C(C/C=C/c1ccccc1)NCCCN1CCCC1. The third-order valence-corrected chi connectivity index (χ3v) is 3.59. The molecule has 1 aromatic rings. The fraction of sp³-hybridized carbons (Fsp3) is 0.471. The highest BCUT2D eigenvalue weighted by molar-refractivity contribution is 5.78.